The lowest BCUT2D eigenvalue weighted by atomic mass is 9.94. The largest absolute Gasteiger partial charge is 0.396 e. The van der Waals surface area contributed by atoms with Crippen molar-refractivity contribution >= 4 is 27.3 Å². The van der Waals surface area contributed by atoms with Crippen LogP contribution in [-0.2, 0) is 10.0 Å². The molecule has 0 bridgehead atoms. The van der Waals surface area contributed by atoms with Gasteiger partial charge >= 0.3 is 0 Å². The van der Waals surface area contributed by atoms with E-state index in [1.165, 1.54) is 0 Å². The Morgan fingerprint density at radius 2 is 2.10 bits per heavy atom. The van der Waals surface area contributed by atoms with Crippen molar-refractivity contribution in [2.75, 3.05) is 5.73 Å². The van der Waals surface area contributed by atoms with Crippen LogP contribution < -0.4 is 10.5 Å². The fraction of sp³-hybridized carbons (Fsp3) is 0.571. The number of sulfonamides is 1. The minimum Gasteiger partial charge on any atom is -0.396 e. The van der Waals surface area contributed by atoms with Gasteiger partial charge in [-0.2, -0.15) is 0 Å². The van der Waals surface area contributed by atoms with Gasteiger partial charge in [-0.25, -0.2) is 17.5 Å². The second-order valence-electron chi connectivity index (χ2n) is 5.64. The molecule has 0 amide bonds. The van der Waals surface area contributed by atoms with Crippen LogP contribution in [0.3, 0.4) is 0 Å². The van der Waals surface area contributed by atoms with Crippen molar-refractivity contribution in [3.05, 3.63) is 23.0 Å². The lowest BCUT2D eigenvalue weighted by Crippen LogP contribution is -2.37. The molecule has 0 aliphatic heterocycles. The first-order valence-corrected chi connectivity index (χ1v) is 8.89. The van der Waals surface area contributed by atoms with Crippen LogP contribution in [-0.4, -0.2) is 14.5 Å². The number of benzene rings is 1. The average molecular weight is 335 g/mol. The zero-order valence-electron chi connectivity index (χ0n) is 12.1. The number of hydrogen-bond acceptors (Lipinski definition) is 3. The van der Waals surface area contributed by atoms with Crippen LogP contribution in [0.4, 0.5) is 10.1 Å². The average Bonchev–Trinajstić information content (AvgIpc) is 2.74. The number of nitrogens with one attached hydrogen (secondary N) is 1. The Kier molecular flexibility index (Phi) is 4.80. The number of halogens is 2. The second-order valence-corrected chi connectivity index (χ2v) is 7.73. The number of anilines is 1. The molecule has 0 spiro atoms. The molecular weight excluding hydrogens is 315 g/mol. The zero-order chi connectivity index (χ0) is 15.8. The lowest BCUT2D eigenvalue weighted by molar-refractivity contribution is 0.368. The van der Waals surface area contributed by atoms with Crippen molar-refractivity contribution in [2.45, 2.75) is 44.0 Å². The van der Waals surface area contributed by atoms with Crippen LogP contribution >= 0.6 is 11.6 Å². The van der Waals surface area contributed by atoms with Crippen molar-refractivity contribution in [2.24, 2.45) is 11.8 Å². The zero-order valence-corrected chi connectivity index (χ0v) is 13.6. The molecule has 3 unspecified atom stereocenters. The third kappa shape index (κ3) is 3.33. The van der Waals surface area contributed by atoms with E-state index < -0.39 is 15.8 Å². The van der Waals surface area contributed by atoms with Crippen LogP contribution in [0.1, 0.15) is 33.1 Å². The summed E-state index contributed by atoms with van der Waals surface area (Å²) in [5.74, 6) is 0.0621. The second kappa shape index (κ2) is 6.10. The molecule has 7 heteroatoms. The predicted octanol–water partition coefficient (Wildman–Crippen LogP) is 3.16. The molecule has 118 valence electrons. The van der Waals surface area contributed by atoms with Crippen molar-refractivity contribution < 1.29 is 12.8 Å². The maximum Gasteiger partial charge on any atom is 0.242 e. The molecule has 1 saturated carbocycles. The number of nitrogen functional groups attached to an aromatic ring is 1. The molecule has 4 nitrogen and oxygen atoms in total. The molecule has 1 aromatic rings. The maximum absolute atomic E-state index is 13.3. The van der Waals surface area contributed by atoms with E-state index in [0.717, 1.165) is 31.4 Å². The molecule has 1 fully saturated rings. The molecule has 1 aliphatic rings. The van der Waals surface area contributed by atoms with Crippen LogP contribution in [0.25, 0.3) is 0 Å². The van der Waals surface area contributed by atoms with Crippen LogP contribution in [0.15, 0.2) is 17.0 Å². The van der Waals surface area contributed by atoms with E-state index in [-0.39, 0.29) is 27.6 Å². The molecule has 0 heterocycles. The van der Waals surface area contributed by atoms with Gasteiger partial charge in [0.05, 0.1) is 10.7 Å². The van der Waals surface area contributed by atoms with Gasteiger partial charge in [0.2, 0.25) is 10.0 Å². The third-order valence-electron chi connectivity index (χ3n) is 4.40. The van der Waals surface area contributed by atoms with Crippen LogP contribution in [0, 0.1) is 17.7 Å². The normalized spacial score (nSPS) is 26.2. The SMILES string of the molecule is CCC1CCC(NS(=O)(=O)c2cc(N)c(F)cc2Cl)C1C. The van der Waals surface area contributed by atoms with Gasteiger partial charge in [0.25, 0.3) is 0 Å². The summed E-state index contributed by atoms with van der Waals surface area (Å²) in [5, 5.41) is -0.160. The fourth-order valence-electron chi connectivity index (χ4n) is 3.00. The molecule has 21 heavy (non-hydrogen) atoms. The first-order valence-electron chi connectivity index (χ1n) is 7.03. The Hall–Kier alpha value is -0.850. The van der Waals surface area contributed by atoms with E-state index in [0.29, 0.717) is 5.92 Å². The third-order valence-corrected chi connectivity index (χ3v) is 6.35. The van der Waals surface area contributed by atoms with Gasteiger partial charge in [-0.1, -0.05) is 31.9 Å². The summed E-state index contributed by atoms with van der Waals surface area (Å²) in [6.07, 6.45) is 2.83. The Morgan fingerprint density at radius 3 is 2.67 bits per heavy atom. The van der Waals surface area contributed by atoms with Gasteiger partial charge in [-0.05, 0) is 36.8 Å². The smallest absolute Gasteiger partial charge is 0.242 e. The van der Waals surface area contributed by atoms with Crippen LogP contribution in [0.2, 0.25) is 5.02 Å². The van der Waals surface area contributed by atoms with Gasteiger partial charge < -0.3 is 5.73 Å². The van der Waals surface area contributed by atoms with Gasteiger partial charge in [0, 0.05) is 6.04 Å². The summed E-state index contributed by atoms with van der Waals surface area (Å²) in [5.41, 5.74) is 5.21. The Balaban J connectivity index is 2.26. The van der Waals surface area contributed by atoms with Crippen LogP contribution in [0.5, 0.6) is 0 Å². The molecule has 3 atom stereocenters. The van der Waals surface area contributed by atoms with Crippen molar-refractivity contribution in [1.82, 2.24) is 4.72 Å². The molecular formula is C14H20ClFN2O2S. The number of rotatable bonds is 4. The predicted molar refractivity (Wildman–Crippen MR) is 82.1 cm³/mol. The summed E-state index contributed by atoms with van der Waals surface area (Å²) >= 11 is 5.85. The summed E-state index contributed by atoms with van der Waals surface area (Å²) in [6, 6.07) is 1.87. The quantitative estimate of drug-likeness (QED) is 0.831. The van der Waals surface area contributed by atoms with Gasteiger partial charge in [-0.3, -0.25) is 0 Å². The Morgan fingerprint density at radius 1 is 1.43 bits per heavy atom. The highest BCUT2D eigenvalue weighted by Crippen LogP contribution is 2.35. The first kappa shape index (κ1) is 16.5. The first-order chi connectivity index (χ1) is 9.76. The highest BCUT2D eigenvalue weighted by Gasteiger charge is 2.35. The van der Waals surface area contributed by atoms with Crippen molar-refractivity contribution in [3.63, 3.8) is 0 Å². The molecule has 0 radical (unpaired) electrons. The monoisotopic (exact) mass is 334 g/mol. The standard InChI is InChI=1S/C14H20ClFN2O2S/c1-3-9-4-5-13(8(9)2)18-21(19,20)14-7-12(17)11(16)6-10(14)15/h6-9,13,18H,3-5,17H2,1-2H3. The molecule has 0 aromatic heterocycles. The number of hydrogen-bond donors (Lipinski definition) is 2. The summed E-state index contributed by atoms with van der Waals surface area (Å²) < 4.78 is 40.8. The van der Waals surface area contributed by atoms with Crippen molar-refractivity contribution in [1.29, 1.82) is 0 Å². The van der Waals surface area contributed by atoms with E-state index in [1.54, 1.807) is 0 Å². The van der Waals surface area contributed by atoms with Gasteiger partial charge in [0.15, 0.2) is 0 Å². The van der Waals surface area contributed by atoms with E-state index in [2.05, 4.69) is 18.6 Å². The van der Waals surface area contributed by atoms with Gasteiger partial charge in [0.1, 0.15) is 10.7 Å². The number of nitrogens with two attached hydrogens (primary N) is 1. The van der Waals surface area contributed by atoms with E-state index in [1.807, 2.05) is 0 Å². The molecule has 1 aliphatic carbocycles. The van der Waals surface area contributed by atoms with Gasteiger partial charge in [-0.15, -0.1) is 0 Å². The lowest BCUT2D eigenvalue weighted by Gasteiger charge is -2.21. The topological polar surface area (TPSA) is 72.2 Å². The maximum atomic E-state index is 13.3. The molecule has 1 aromatic carbocycles. The summed E-state index contributed by atoms with van der Waals surface area (Å²) in [7, 11) is -3.81. The highest BCUT2D eigenvalue weighted by molar-refractivity contribution is 7.89. The molecule has 2 rings (SSSR count). The molecule has 0 saturated heterocycles. The minimum absolute atomic E-state index is 0.123. The van der Waals surface area contributed by atoms with E-state index in [9.17, 15) is 12.8 Å². The molecule has 3 N–H and O–H groups in total. The Bertz CT molecular complexity index is 636. The summed E-state index contributed by atoms with van der Waals surface area (Å²) in [6.45, 7) is 4.16. The van der Waals surface area contributed by atoms with E-state index in [4.69, 9.17) is 17.3 Å². The Labute approximate surface area is 129 Å². The minimum atomic E-state index is -3.81. The fourth-order valence-corrected chi connectivity index (χ4v) is 4.91. The van der Waals surface area contributed by atoms with Crippen molar-refractivity contribution in [3.8, 4) is 0 Å². The highest BCUT2D eigenvalue weighted by atomic mass is 35.5. The van der Waals surface area contributed by atoms with E-state index >= 15 is 0 Å². The summed E-state index contributed by atoms with van der Waals surface area (Å²) in [4.78, 5) is -0.171.